The summed E-state index contributed by atoms with van der Waals surface area (Å²) in [6, 6.07) is 32.3. The second kappa shape index (κ2) is 14.2. The molecule has 0 aliphatic rings. The van der Waals surface area contributed by atoms with Crippen LogP contribution in [-0.4, -0.2) is 24.2 Å². The van der Waals surface area contributed by atoms with Crippen LogP contribution in [0.4, 0.5) is 0 Å². The molecule has 4 rings (SSSR count). The number of nitrogens with one attached hydrogen (secondary N) is 2. The van der Waals surface area contributed by atoms with E-state index in [0.717, 1.165) is 11.1 Å². The van der Waals surface area contributed by atoms with Crippen LogP contribution in [-0.2, 0) is 0 Å². The smallest absolute Gasteiger partial charge is 0.267 e. The Labute approximate surface area is 219 Å². The number of carbonyl (C=O) groups excluding carboxylic acids is 2. The normalized spacial score (nSPS) is 10.5. The van der Waals surface area contributed by atoms with Gasteiger partial charge in [-0.05, 0) is 36.4 Å². The highest BCUT2D eigenvalue weighted by Crippen LogP contribution is 2.13. The van der Waals surface area contributed by atoms with E-state index in [4.69, 9.17) is 23.2 Å². The van der Waals surface area contributed by atoms with Crippen LogP contribution in [0.1, 0.15) is 31.8 Å². The molecule has 8 heteroatoms. The van der Waals surface area contributed by atoms with E-state index in [1.165, 1.54) is 12.4 Å². The molecule has 0 fully saturated rings. The zero-order chi connectivity index (χ0) is 25.6. The Morgan fingerprint density at radius 3 is 1.22 bits per heavy atom. The van der Waals surface area contributed by atoms with Gasteiger partial charge in [0.15, 0.2) is 0 Å². The number of halogens is 2. The van der Waals surface area contributed by atoms with Crippen molar-refractivity contribution < 1.29 is 9.59 Å². The third kappa shape index (κ3) is 8.51. The van der Waals surface area contributed by atoms with E-state index in [0.29, 0.717) is 21.2 Å². The quantitative estimate of drug-likeness (QED) is 0.236. The van der Waals surface area contributed by atoms with Gasteiger partial charge in [-0.3, -0.25) is 9.59 Å². The lowest BCUT2D eigenvalue weighted by Gasteiger charge is -1.99. The van der Waals surface area contributed by atoms with Crippen molar-refractivity contribution in [2.75, 3.05) is 0 Å². The van der Waals surface area contributed by atoms with Crippen molar-refractivity contribution in [1.82, 2.24) is 10.9 Å². The zero-order valence-electron chi connectivity index (χ0n) is 19.0. The van der Waals surface area contributed by atoms with Gasteiger partial charge in [0.1, 0.15) is 0 Å². The molecule has 0 aromatic heterocycles. The van der Waals surface area contributed by atoms with Crippen LogP contribution >= 0.6 is 23.2 Å². The minimum atomic E-state index is -0.251. The van der Waals surface area contributed by atoms with Crippen LogP contribution in [0.25, 0.3) is 0 Å². The van der Waals surface area contributed by atoms with E-state index in [2.05, 4.69) is 21.1 Å². The third-order valence-electron chi connectivity index (χ3n) is 4.62. The SMILES string of the molecule is O=C(N/N=C/c1ccccc1Cl)c1ccccc1.O=C(N/N=C/c1ccccc1Cl)c1ccccc1. The van der Waals surface area contributed by atoms with Gasteiger partial charge in [-0.15, -0.1) is 0 Å². The van der Waals surface area contributed by atoms with Crippen LogP contribution in [0.2, 0.25) is 10.0 Å². The van der Waals surface area contributed by atoms with Crippen molar-refractivity contribution in [1.29, 1.82) is 0 Å². The maximum Gasteiger partial charge on any atom is 0.271 e. The summed E-state index contributed by atoms with van der Waals surface area (Å²) < 4.78 is 0. The van der Waals surface area contributed by atoms with E-state index in [1.807, 2.05) is 48.5 Å². The van der Waals surface area contributed by atoms with Crippen molar-refractivity contribution in [3.05, 3.63) is 141 Å². The van der Waals surface area contributed by atoms with Crippen molar-refractivity contribution in [2.45, 2.75) is 0 Å². The summed E-state index contributed by atoms with van der Waals surface area (Å²) in [6.45, 7) is 0. The highest BCUT2D eigenvalue weighted by molar-refractivity contribution is 6.33. The molecule has 0 spiro atoms. The number of hydrazone groups is 2. The van der Waals surface area contributed by atoms with Crippen LogP contribution in [0, 0.1) is 0 Å². The Morgan fingerprint density at radius 2 is 0.861 bits per heavy atom. The molecule has 0 saturated heterocycles. The molecule has 2 amide bonds. The number of hydrogen-bond acceptors (Lipinski definition) is 4. The molecule has 0 radical (unpaired) electrons. The first kappa shape index (κ1) is 26.3. The molecule has 2 N–H and O–H groups in total. The fraction of sp³-hybridized carbons (Fsp3) is 0. The monoisotopic (exact) mass is 516 g/mol. The summed E-state index contributed by atoms with van der Waals surface area (Å²) in [7, 11) is 0. The van der Waals surface area contributed by atoms with Gasteiger partial charge in [-0.2, -0.15) is 10.2 Å². The average Bonchev–Trinajstić information content (AvgIpc) is 2.92. The summed E-state index contributed by atoms with van der Waals surface area (Å²) in [6.07, 6.45) is 3.03. The molecular weight excluding hydrogens is 495 g/mol. The molecule has 0 unspecified atom stereocenters. The van der Waals surface area contributed by atoms with E-state index in [1.54, 1.807) is 60.7 Å². The second-order valence-corrected chi connectivity index (χ2v) is 7.99. The van der Waals surface area contributed by atoms with Crippen molar-refractivity contribution in [2.24, 2.45) is 10.2 Å². The lowest BCUT2D eigenvalue weighted by molar-refractivity contribution is 0.0947. The predicted octanol–water partition coefficient (Wildman–Crippen LogP) is 6.21. The number of nitrogens with zero attached hydrogens (tertiary/aromatic N) is 2. The fourth-order valence-corrected chi connectivity index (χ4v) is 3.16. The van der Waals surface area contributed by atoms with Gasteiger partial charge in [0, 0.05) is 32.3 Å². The summed E-state index contributed by atoms with van der Waals surface area (Å²) in [5.41, 5.74) is 7.53. The third-order valence-corrected chi connectivity index (χ3v) is 5.31. The first-order chi connectivity index (χ1) is 17.5. The highest BCUT2D eigenvalue weighted by Gasteiger charge is 2.03. The van der Waals surface area contributed by atoms with E-state index in [9.17, 15) is 9.59 Å². The van der Waals surface area contributed by atoms with Gasteiger partial charge in [-0.1, -0.05) is 96.0 Å². The van der Waals surface area contributed by atoms with Gasteiger partial charge >= 0.3 is 0 Å². The number of hydrogen-bond donors (Lipinski definition) is 2. The average molecular weight is 517 g/mol. The molecule has 4 aromatic rings. The van der Waals surface area contributed by atoms with Crippen molar-refractivity contribution in [3.63, 3.8) is 0 Å². The lowest BCUT2D eigenvalue weighted by Crippen LogP contribution is -2.17. The molecule has 0 bridgehead atoms. The zero-order valence-corrected chi connectivity index (χ0v) is 20.5. The molecule has 6 nitrogen and oxygen atoms in total. The van der Waals surface area contributed by atoms with Crippen LogP contribution in [0.5, 0.6) is 0 Å². The topological polar surface area (TPSA) is 82.9 Å². The molecule has 180 valence electrons. The first-order valence-corrected chi connectivity index (χ1v) is 11.6. The second-order valence-electron chi connectivity index (χ2n) is 7.17. The lowest BCUT2D eigenvalue weighted by atomic mass is 10.2. The largest absolute Gasteiger partial charge is 0.271 e. The maximum absolute atomic E-state index is 11.7. The number of carbonyl (C=O) groups is 2. The Kier molecular flexibility index (Phi) is 10.4. The molecule has 0 aliphatic heterocycles. The molecule has 0 atom stereocenters. The predicted molar refractivity (Wildman–Crippen MR) is 146 cm³/mol. The Balaban J connectivity index is 0.000000201. The minimum Gasteiger partial charge on any atom is -0.267 e. The van der Waals surface area contributed by atoms with Gasteiger partial charge in [0.25, 0.3) is 11.8 Å². The molecule has 0 heterocycles. The summed E-state index contributed by atoms with van der Waals surface area (Å²) >= 11 is 11.9. The standard InChI is InChI=1S/2C14H11ClN2O/c2*15-13-9-5-4-8-12(13)10-16-17-14(18)11-6-2-1-3-7-11/h2*1-10H,(H,17,18)/b2*16-10+. The van der Waals surface area contributed by atoms with Crippen LogP contribution in [0.15, 0.2) is 119 Å². The number of rotatable bonds is 6. The fourth-order valence-electron chi connectivity index (χ4n) is 2.79. The van der Waals surface area contributed by atoms with Gasteiger partial charge in [0.05, 0.1) is 12.4 Å². The Hall–Kier alpha value is -4.26. The molecule has 4 aromatic carbocycles. The summed E-state index contributed by atoms with van der Waals surface area (Å²) in [5.74, 6) is -0.502. The molecular formula is C28H22Cl2N4O2. The van der Waals surface area contributed by atoms with Crippen LogP contribution < -0.4 is 10.9 Å². The van der Waals surface area contributed by atoms with Gasteiger partial charge in [-0.25, -0.2) is 10.9 Å². The highest BCUT2D eigenvalue weighted by atomic mass is 35.5. The van der Waals surface area contributed by atoms with Crippen molar-refractivity contribution in [3.8, 4) is 0 Å². The number of amides is 2. The molecule has 36 heavy (non-hydrogen) atoms. The van der Waals surface area contributed by atoms with Gasteiger partial charge in [0.2, 0.25) is 0 Å². The van der Waals surface area contributed by atoms with Crippen molar-refractivity contribution >= 4 is 47.4 Å². The molecule has 0 aliphatic carbocycles. The van der Waals surface area contributed by atoms with E-state index in [-0.39, 0.29) is 11.8 Å². The summed E-state index contributed by atoms with van der Waals surface area (Å²) in [5, 5.41) is 8.93. The molecule has 0 saturated carbocycles. The first-order valence-electron chi connectivity index (χ1n) is 10.8. The van der Waals surface area contributed by atoms with Crippen LogP contribution in [0.3, 0.4) is 0 Å². The Bertz CT molecular complexity index is 1240. The summed E-state index contributed by atoms with van der Waals surface area (Å²) in [4.78, 5) is 23.3. The maximum atomic E-state index is 11.7. The van der Waals surface area contributed by atoms with E-state index < -0.39 is 0 Å². The number of benzene rings is 4. The van der Waals surface area contributed by atoms with Gasteiger partial charge < -0.3 is 0 Å². The Morgan fingerprint density at radius 1 is 0.528 bits per heavy atom. The minimum absolute atomic E-state index is 0.251. The van der Waals surface area contributed by atoms with E-state index >= 15 is 0 Å².